The van der Waals surface area contributed by atoms with Gasteiger partial charge in [-0.25, -0.2) is 9.78 Å². The molecule has 144 valence electrons. The SMILES string of the molecule is CCC(=O)Nc1ccc(C(C)NC(=O)NCc2ccc(N(C)C)nc2)cc1. The Morgan fingerprint density at radius 3 is 2.37 bits per heavy atom. The van der Waals surface area contributed by atoms with Crippen LogP contribution in [0, 0.1) is 0 Å². The van der Waals surface area contributed by atoms with Gasteiger partial charge < -0.3 is 20.9 Å². The van der Waals surface area contributed by atoms with Gasteiger partial charge in [0.1, 0.15) is 5.82 Å². The number of anilines is 2. The van der Waals surface area contributed by atoms with Crippen LogP contribution >= 0.6 is 0 Å². The van der Waals surface area contributed by atoms with Crippen molar-refractivity contribution >= 4 is 23.4 Å². The number of amides is 3. The number of carbonyl (C=O) groups is 2. The van der Waals surface area contributed by atoms with E-state index >= 15 is 0 Å². The number of aromatic nitrogens is 1. The number of nitrogens with zero attached hydrogens (tertiary/aromatic N) is 2. The monoisotopic (exact) mass is 369 g/mol. The highest BCUT2D eigenvalue weighted by Gasteiger charge is 2.10. The Kier molecular flexibility index (Phi) is 7.16. The maximum absolute atomic E-state index is 12.1. The average molecular weight is 369 g/mol. The van der Waals surface area contributed by atoms with Crippen molar-refractivity contribution in [2.75, 3.05) is 24.3 Å². The number of hydrogen-bond donors (Lipinski definition) is 3. The lowest BCUT2D eigenvalue weighted by atomic mass is 10.1. The number of rotatable bonds is 7. The van der Waals surface area contributed by atoms with E-state index in [4.69, 9.17) is 0 Å². The van der Waals surface area contributed by atoms with Gasteiger partial charge in [-0.05, 0) is 36.2 Å². The summed E-state index contributed by atoms with van der Waals surface area (Å²) >= 11 is 0. The van der Waals surface area contributed by atoms with Crippen molar-refractivity contribution in [1.82, 2.24) is 15.6 Å². The Bertz CT molecular complexity index is 757. The fraction of sp³-hybridized carbons (Fsp3) is 0.350. The van der Waals surface area contributed by atoms with Gasteiger partial charge in [0.15, 0.2) is 0 Å². The molecule has 3 amide bonds. The normalized spacial score (nSPS) is 11.4. The Morgan fingerprint density at radius 1 is 1.11 bits per heavy atom. The van der Waals surface area contributed by atoms with Gasteiger partial charge in [0, 0.05) is 38.9 Å². The van der Waals surface area contributed by atoms with Crippen LogP contribution in [0.4, 0.5) is 16.3 Å². The van der Waals surface area contributed by atoms with E-state index in [1.807, 2.05) is 62.3 Å². The predicted octanol–water partition coefficient (Wildman–Crippen LogP) is 3.06. The first-order chi connectivity index (χ1) is 12.9. The molecule has 27 heavy (non-hydrogen) atoms. The lowest BCUT2D eigenvalue weighted by molar-refractivity contribution is -0.115. The van der Waals surface area contributed by atoms with E-state index in [1.165, 1.54) is 0 Å². The van der Waals surface area contributed by atoms with Gasteiger partial charge in [-0.2, -0.15) is 0 Å². The van der Waals surface area contributed by atoms with Crippen LogP contribution in [0.3, 0.4) is 0 Å². The molecule has 2 rings (SSSR count). The molecular weight excluding hydrogens is 342 g/mol. The fourth-order valence-electron chi connectivity index (χ4n) is 2.40. The van der Waals surface area contributed by atoms with Crippen LogP contribution in [0.5, 0.6) is 0 Å². The molecule has 0 aliphatic carbocycles. The second-order valence-corrected chi connectivity index (χ2v) is 6.49. The van der Waals surface area contributed by atoms with Crippen LogP contribution < -0.4 is 20.9 Å². The van der Waals surface area contributed by atoms with Gasteiger partial charge in [-0.15, -0.1) is 0 Å². The zero-order valence-corrected chi connectivity index (χ0v) is 16.2. The fourth-order valence-corrected chi connectivity index (χ4v) is 2.40. The van der Waals surface area contributed by atoms with Crippen LogP contribution in [0.15, 0.2) is 42.6 Å². The largest absolute Gasteiger partial charge is 0.363 e. The number of hydrogen-bond acceptors (Lipinski definition) is 4. The first-order valence-electron chi connectivity index (χ1n) is 8.95. The Balaban J connectivity index is 1.83. The van der Waals surface area contributed by atoms with Crippen LogP contribution in [0.25, 0.3) is 0 Å². The summed E-state index contributed by atoms with van der Waals surface area (Å²) in [5.41, 5.74) is 2.63. The van der Waals surface area contributed by atoms with Gasteiger partial charge >= 0.3 is 6.03 Å². The minimum absolute atomic E-state index is 0.0265. The zero-order chi connectivity index (χ0) is 19.8. The van der Waals surface area contributed by atoms with Crippen LogP contribution in [-0.4, -0.2) is 31.0 Å². The summed E-state index contributed by atoms with van der Waals surface area (Å²) in [4.78, 5) is 29.8. The van der Waals surface area contributed by atoms with E-state index in [2.05, 4.69) is 20.9 Å². The van der Waals surface area contributed by atoms with Crippen molar-refractivity contribution in [2.24, 2.45) is 0 Å². The van der Waals surface area contributed by atoms with Gasteiger partial charge in [0.05, 0.1) is 6.04 Å². The van der Waals surface area contributed by atoms with Gasteiger partial charge in [0.2, 0.25) is 5.91 Å². The molecule has 0 aliphatic rings. The molecule has 7 heteroatoms. The highest BCUT2D eigenvalue weighted by Crippen LogP contribution is 2.16. The standard InChI is InChI=1S/C20H27N5O2/c1-5-19(26)24-17-9-7-16(8-10-17)14(2)23-20(27)22-13-15-6-11-18(21-12-15)25(3)4/h6-12,14H,5,13H2,1-4H3,(H,24,26)(H2,22,23,27). The molecule has 0 saturated heterocycles. The summed E-state index contributed by atoms with van der Waals surface area (Å²) in [5.74, 6) is 0.844. The van der Waals surface area contributed by atoms with Crippen molar-refractivity contribution in [3.05, 3.63) is 53.7 Å². The van der Waals surface area contributed by atoms with Crippen molar-refractivity contribution in [3.63, 3.8) is 0 Å². The van der Waals surface area contributed by atoms with Crippen molar-refractivity contribution in [3.8, 4) is 0 Å². The number of urea groups is 1. The molecule has 7 nitrogen and oxygen atoms in total. The van der Waals surface area contributed by atoms with Gasteiger partial charge in [0.25, 0.3) is 0 Å². The van der Waals surface area contributed by atoms with E-state index in [9.17, 15) is 9.59 Å². The van der Waals surface area contributed by atoms with E-state index < -0.39 is 0 Å². The van der Waals surface area contributed by atoms with E-state index in [0.717, 1.165) is 22.6 Å². The molecule has 1 aromatic carbocycles. The van der Waals surface area contributed by atoms with Crippen molar-refractivity contribution in [2.45, 2.75) is 32.9 Å². The summed E-state index contributed by atoms with van der Waals surface area (Å²) in [6.45, 7) is 4.12. The smallest absolute Gasteiger partial charge is 0.315 e. The summed E-state index contributed by atoms with van der Waals surface area (Å²) in [6.07, 6.45) is 2.19. The first-order valence-corrected chi connectivity index (χ1v) is 8.95. The average Bonchev–Trinajstić information content (AvgIpc) is 2.67. The topological polar surface area (TPSA) is 86.4 Å². The van der Waals surface area contributed by atoms with Gasteiger partial charge in [-0.1, -0.05) is 25.1 Å². The molecule has 1 aromatic heterocycles. The molecule has 1 heterocycles. The number of pyridine rings is 1. The molecule has 0 aliphatic heterocycles. The molecular formula is C20H27N5O2. The Hall–Kier alpha value is -3.09. The second kappa shape index (κ2) is 9.56. The van der Waals surface area contributed by atoms with Gasteiger partial charge in [-0.3, -0.25) is 4.79 Å². The first kappa shape index (κ1) is 20.2. The minimum Gasteiger partial charge on any atom is -0.363 e. The minimum atomic E-state index is -0.248. The molecule has 1 atom stereocenters. The quantitative estimate of drug-likeness (QED) is 0.700. The molecule has 0 spiro atoms. The van der Waals surface area contributed by atoms with Crippen molar-refractivity contribution < 1.29 is 9.59 Å². The summed E-state index contributed by atoms with van der Waals surface area (Å²) < 4.78 is 0. The molecule has 0 bridgehead atoms. The third-order valence-electron chi connectivity index (χ3n) is 4.08. The maximum Gasteiger partial charge on any atom is 0.315 e. The second-order valence-electron chi connectivity index (χ2n) is 6.49. The molecule has 0 saturated carbocycles. The van der Waals surface area contributed by atoms with Crippen molar-refractivity contribution in [1.29, 1.82) is 0 Å². The molecule has 3 N–H and O–H groups in total. The Morgan fingerprint density at radius 2 is 1.81 bits per heavy atom. The summed E-state index contributed by atoms with van der Waals surface area (Å²) in [7, 11) is 3.86. The van der Waals surface area contributed by atoms with Crippen LogP contribution in [0.1, 0.15) is 37.4 Å². The third-order valence-corrected chi connectivity index (χ3v) is 4.08. The number of benzene rings is 1. The molecule has 2 aromatic rings. The maximum atomic E-state index is 12.1. The zero-order valence-electron chi connectivity index (χ0n) is 16.2. The van der Waals surface area contributed by atoms with Crippen LogP contribution in [-0.2, 0) is 11.3 Å². The molecule has 0 fully saturated rings. The summed E-state index contributed by atoms with van der Waals surface area (Å²) in [5, 5.41) is 8.53. The summed E-state index contributed by atoms with van der Waals surface area (Å²) in [6, 6.07) is 10.9. The Labute approximate surface area is 160 Å². The highest BCUT2D eigenvalue weighted by molar-refractivity contribution is 5.90. The highest BCUT2D eigenvalue weighted by atomic mass is 16.2. The number of carbonyl (C=O) groups excluding carboxylic acids is 2. The van der Waals surface area contributed by atoms with Crippen LogP contribution in [0.2, 0.25) is 0 Å². The predicted molar refractivity (Wildman–Crippen MR) is 108 cm³/mol. The third kappa shape index (κ3) is 6.29. The van der Waals surface area contributed by atoms with E-state index in [-0.39, 0.29) is 18.0 Å². The van der Waals surface area contributed by atoms with E-state index in [0.29, 0.717) is 13.0 Å². The number of nitrogens with one attached hydrogen (secondary N) is 3. The molecule has 1 unspecified atom stereocenters. The lowest BCUT2D eigenvalue weighted by Gasteiger charge is -2.16. The van der Waals surface area contributed by atoms with E-state index in [1.54, 1.807) is 13.1 Å². The molecule has 0 radical (unpaired) electrons. The lowest BCUT2D eigenvalue weighted by Crippen LogP contribution is -2.36.